The Morgan fingerprint density at radius 1 is 1.30 bits per heavy atom. The summed E-state index contributed by atoms with van der Waals surface area (Å²) in [6.45, 7) is -1.000. The third kappa shape index (κ3) is 8.87. The number of aliphatic carboxylic acids is 1. The van der Waals surface area contributed by atoms with Gasteiger partial charge in [0.1, 0.15) is 17.9 Å². The Labute approximate surface area is 189 Å². The van der Waals surface area contributed by atoms with E-state index in [2.05, 4.69) is 25.9 Å². The minimum Gasteiger partial charge on any atom is -0.480 e. The van der Waals surface area contributed by atoms with E-state index in [0.29, 0.717) is 13.0 Å². The molecule has 1 aromatic rings. The number of H-pyrrole nitrogens is 1. The average Bonchev–Trinajstić information content (AvgIpc) is 3.12. The number of aliphatic hydroxyl groups is 1. The van der Waals surface area contributed by atoms with E-state index in [-0.39, 0.29) is 12.0 Å². The lowest BCUT2D eigenvalue weighted by Crippen LogP contribution is -2.33. The molecule has 0 radical (unpaired) electrons. The van der Waals surface area contributed by atoms with Crippen LogP contribution in [-0.4, -0.2) is 62.6 Å². The summed E-state index contributed by atoms with van der Waals surface area (Å²) >= 11 is 0. The lowest BCUT2D eigenvalue weighted by Gasteiger charge is -2.17. The van der Waals surface area contributed by atoms with Gasteiger partial charge in [-0.05, 0) is 19.4 Å². The number of hydrogen-bond donors (Lipinski definition) is 5. The van der Waals surface area contributed by atoms with Gasteiger partial charge in [-0.1, -0.05) is 24.7 Å². The van der Waals surface area contributed by atoms with Crippen LogP contribution in [0.15, 0.2) is 15.8 Å². The first kappa shape index (κ1) is 26.9. The zero-order valence-corrected chi connectivity index (χ0v) is 18.7. The molecule has 1 saturated heterocycles. The van der Waals surface area contributed by atoms with Gasteiger partial charge in [-0.25, -0.2) is 14.2 Å². The lowest BCUT2D eigenvalue weighted by atomic mass is 10.1. The molecular weight excluding hydrogens is 461 g/mol. The molecule has 13 nitrogen and oxygen atoms in total. The molecule has 0 aliphatic carbocycles. The first-order chi connectivity index (χ1) is 15.6. The van der Waals surface area contributed by atoms with Crippen LogP contribution >= 0.6 is 7.82 Å². The Balaban J connectivity index is 2.00. The largest absolute Gasteiger partial charge is 0.480 e. The van der Waals surface area contributed by atoms with Crippen molar-refractivity contribution in [1.82, 2.24) is 9.55 Å². The molecule has 4 atom stereocenters. The van der Waals surface area contributed by atoms with Crippen LogP contribution in [0.1, 0.15) is 50.3 Å². The second-order valence-corrected chi connectivity index (χ2v) is 8.78. The van der Waals surface area contributed by atoms with Gasteiger partial charge in [0.2, 0.25) is 0 Å². The van der Waals surface area contributed by atoms with Crippen molar-refractivity contribution in [2.75, 3.05) is 19.8 Å². The quantitative estimate of drug-likeness (QED) is 0.146. The van der Waals surface area contributed by atoms with Gasteiger partial charge in [0.05, 0.1) is 12.7 Å². The molecule has 2 heterocycles. The highest BCUT2D eigenvalue weighted by Crippen LogP contribution is 2.44. The zero-order chi connectivity index (χ0) is 24.4. The molecule has 1 aromatic heterocycles. The van der Waals surface area contributed by atoms with Crippen LogP contribution < -0.4 is 17.0 Å². The SMILES string of the molecule is NCCCCCCC#Cc1cn([C@H]2C[C@H](O)[C@@H](COP(=O)(O)OCC(=O)O)O2)c(=O)[nH]c1=O. The van der Waals surface area contributed by atoms with Gasteiger partial charge < -0.3 is 25.6 Å². The van der Waals surface area contributed by atoms with E-state index in [0.717, 1.165) is 30.3 Å². The van der Waals surface area contributed by atoms with Crippen molar-refractivity contribution in [3.05, 3.63) is 32.6 Å². The maximum absolute atomic E-state index is 12.2. The molecule has 1 aliphatic heterocycles. The van der Waals surface area contributed by atoms with Crippen LogP contribution in [0.3, 0.4) is 0 Å². The number of nitrogens with one attached hydrogen (secondary N) is 1. The van der Waals surface area contributed by atoms with Crippen molar-refractivity contribution in [2.24, 2.45) is 5.73 Å². The molecule has 1 fully saturated rings. The Hall–Kier alpha value is -2.30. The number of phosphoric acid groups is 1. The zero-order valence-electron chi connectivity index (χ0n) is 17.8. The van der Waals surface area contributed by atoms with Crippen molar-refractivity contribution in [3.63, 3.8) is 0 Å². The normalized spacial score (nSPS) is 21.8. The van der Waals surface area contributed by atoms with E-state index in [9.17, 15) is 28.9 Å². The molecule has 0 spiro atoms. The smallest absolute Gasteiger partial charge is 0.472 e. The highest BCUT2D eigenvalue weighted by atomic mass is 31.2. The van der Waals surface area contributed by atoms with Gasteiger partial charge in [0.15, 0.2) is 6.61 Å². The molecule has 0 saturated carbocycles. The summed E-state index contributed by atoms with van der Waals surface area (Å²) in [6, 6.07) is 0. The number of ether oxygens (including phenoxy) is 1. The van der Waals surface area contributed by atoms with Crippen molar-refractivity contribution in [2.45, 2.75) is 57.0 Å². The molecule has 1 unspecified atom stereocenters. The second-order valence-electron chi connectivity index (χ2n) is 7.33. The topological polar surface area (TPSA) is 203 Å². The van der Waals surface area contributed by atoms with Crippen LogP contribution in [0.4, 0.5) is 0 Å². The fourth-order valence-electron chi connectivity index (χ4n) is 3.03. The number of nitrogens with two attached hydrogens (primary N) is 1. The Bertz CT molecular complexity index is 1030. The van der Waals surface area contributed by atoms with E-state index in [4.69, 9.17) is 15.6 Å². The molecular formula is C19H28N3O10P. The van der Waals surface area contributed by atoms with Crippen LogP contribution in [0.25, 0.3) is 0 Å². The number of rotatable bonds is 12. The minimum absolute atomic E-state index is 0.0521. The minimum atomic E-state index is -4.68. The highest BCUT2D eigenvalue weighted by molar-refractivity contribution is 7.47. The number of unbranched alkanes of at least 4 members (excludes halogenated alkanes) is 4. The first-order valence-corrected chi connectivity index (χ1v) is 11.8. The third-order valence-corrected chi connectivity index (χ3v) is 5.65. The summed E-state index contributed by atoms with van der Waals surface area (Å²) in [5.41, 5.74) is 4.07. The summed E-state index contributed by atoms with van der Waals surface area (Å²) in [4.78, 5) is 46.3. The fraction of sp³-hybridized carbons (Fsp3) is 0.632. The monoisotopic (exact) mass is 489 g/mol. The van der Waals surface area contributed by atoms with E-state index in [1.165, 1.54) is 6.20 Å². The molecule has 6 N–H and O–H groups in total. The molecule has 184 valence electrons. The van der Waals surface area contributed by atoms with Gasteiger partial charge in [-0.15, -0.1) is 0 Å². The van der Waals surface area contributed by atoms with Gasteiger partial charge in [-0.2, -0.15) is 0 Å². The first-order valence-electron chi connectivity index (χ1n) is 10.3. The summed E-state index contributed by atoms with van der Waals surface area (Å²) in [7, 11) is -4.68. The van der Waals surface area contributed by atoms with Crippen LogP contribution in [0, 0.1) is 11.8 Å². The second kappa shape index (κ2) is 12.8. The fourth-order valence-corrected chi connectivity index (χ4v) is 3.72. The van der Waals surface area contributed by atoms with Gasteiger partial charge >= 0.3 is 19.5 Å². The molecule has 2 rings (SSSR count). The summed E-state index contributed by atoms with van der Waals surface area (Å²) in [5.74, 6) is 4.16. The number of hydrogen-bond acceptors (Lipinski definition) is 9. The van der Waals surface area contributed by atoms with Crippen LogP contribution in [0.5, 0.6) is 0 Å². The predicted molar refractivity (Wildman–Crippen MR) is 114 cm³/mol. The third-order valence-electron chi connectivity index (χ3n) is 4.71. The van der Waals surface area contributed by atoms with Crippen LogP contribution in [0.2, 0.25) is 0 Å². The summed E-state index contributed by atoms with van der Waals surface area (Å²) in [5, 5.41) is 18.7. The van der Waals surface area contributed by atoms with Crippen LogP contribution in [-0.2, 0) is 23.1 Å². The van der Waals surface area contributed by atoms with E-state index in [1.54, 1.807) is 0 Å². The van der Waals surface area contributed by atoms with Gasteiger partial charge in [0, 0.05) is 19.0 Å². The van der Waals surface area contributed by atoms with Crippen molar-refractivity contribution >= 4 is 13.8 Å². The Kier molecular flexibility index (Phi) is 10.5. The summed E-state index contributed by atoms with van der Waals surface area (Å²) < 4.78 is 27.2. The number of aromatic amines is 1. The Morgan fingerprint density at radius 3 is 2.73 bits per heavy atom. The van der Waals surface area contributed by atoms with E-state index < -0.39 is 56.7 Å². The maximum Gasteiger partial charge on any atom is 0.472 e. The van der Waals surface area contributed by atoms with Gasteiger partial charge in [-0.3, -0.25) is 23.4 Å². The Morgan fingerprint density at radius 2 is 2.03 bits per heavy atom. The average molecular weight is 489 g/mol. The number of aromatic nitrogens is 2. The summed E-state index contributed by atoms with van der Waals surface area (Å²) in [6.07, 6.45) is 2.25. The lowest BCUT2D eigenvalue weighted by molar-refractivity contribution is -0.140. The van der Waals surface area contributed by atoms with E-state index in [1.807, 2.05) is 0 Å². The number of carboxylic acids is 1. The number of nitrogens with zero attached hydrogens (tertiary/aromatic N) is 1. The molecule has 14 heteroatoms. The van der Waals surface area contributed by atoms with Crippen molar-refractivity contribution in [3.8, 4) is 11.8 Å². The number of carboxylic acid groups (broad SMARTS) is 1. The molecule has 0 bridgehead atoms. The number of carbonyl (C=O) groups is 1. The van der Waals surface area contributed by atoms with Crippen molar-refractivity contribution in [1.29, 1.82) is 0 Å². The molecule has 0 aromatic carbocycles. The standard InChI is InChI=1S/C19H28N3O10P/c20-8-6-4-2-1-3-5-7-13-10-22(19(27)21-18(13)26)16-9-14(23)15(32-16)11-30-33(28,29)31-12-17(24)25/h10,14-16,23H,1-4,6,8-9,11-12,20H2,(H,24,25)(H,28,29)(H,21,26,27)/t14-,15+,16+/m0/s1. The molecule has 0 amide bonds. The predicted octanol–water partition coefficient (Wildman–Crippen LogP) is -0.336. The van der Waals surface area contributed by atoms with Gasteiger partial charge in [0.25, 0.3) is 5.56 Å². The number of aliphatic hydroxyl groups excluding tert-OH is 1. The maximum atomic E-state index is 12.2. The van der Waals surface area contributed by atoms with Crippen molar-refractivity contribution < 1.29 is 38.3 Å². The van der Waals surface area contributed by atoms with E-state index >= 15 is 0 Å². The molecule has 1 aliphatic rings. The molecule has 33 heavy (non-hydrogen) atoms. The number of phosphoric ester groups is 1. The highest BCUT2D eigenvalue weighted by Gasteiger charge is 2.37.